The van der Waals surface area contributed by atoms with E-state index in [0.29, 0.717) is 28.0 Å². The molecule has 0 radical (unpaired) electrons. The van der Waals surface area contributed by atoms with Gasteiger partial charge in [0.15, 0.2) is 0 Å². The van der Waals surface area contributed by atoms with Gasteiger partial charge < -0.3 is 9.52 Å². The van der Waals surface area contributed by atoms with Crippen LogP contribution in [-0.4, -0.2) is 17.2 Å². The molecule has 1 heterocycles. The molecule has 0 saturated heterocycles. The molecular formula is C28H34N2O4. The molecule has 3 rings (SSSR count). The predicted molar refractivity (Wildman–Crippen MR) is 137 cm³/mol. The zero-order valence-corrected chi connectivity index (χ0v) is 20.5. The van der Waals surface area contributed by atoms with Crippen molar-refractivity contribution in [1.29, 1.82) is 0 Å². The quantitative estimate of drug-likeness (QED) is 0.174. The molecule has 0 saturated carbocycles. The summed E-state index contributed by atoms with van der Waals surface area (Å²) in [5, 5.41) is 15.1. The number of benzene rings is 2. The highest BCUT2D eigenvalue weighted by atomic mass is 16.4. The molecule has 3 aromatic rings. The highest BCUT2D eigenvalue weighted by Crippen LogP contribution is 2.31. The first kappa shape index (κ1) is 25.2. The molecule has 0 aliphatic carbocycles. The summed E-state index contributed by atoms with van der Waals surface area (Å²) in [6.07, 6.45) is 5.93. The largest absolute Gasteiger partial charge is 0.507 e. The van der Waals surface area contributed by atoms with Crippen LogP contribution >= 0.6 is 0 Å². The molecule has 0 aliphatic rings. The van der Waals surface area contributed by atoms with Gasteiger partial charge in [-0.1, -0.05) is 57.9 Å². The van der Waals surface area contributed by atoms with E-state index in [1.807, 2.05) is 30.3 Å². The smallest absolute Gasteiger partial charge is 0.339 e. The van der Waals surface area contributed by atoms with Crippen molar-refractivity contribution in [3.8, 4) is 5.75 Å². The van der Waals surface area contributed by atoms with Gasteiger partial charge in [0.2, 0.25) is 5.91 Å². The third-order valence-electron chi connectivity index (χ3n) is 6.09. The molecule has 1 amide bonds. The van der Waals surface area contributed by atoms with Gasteiger partial charge in [0, 0.05) is 12.0 Å². The number of phenolic OH excluding ortho intramolecular Hbond substituents is 1. The number of hydrazone groups is 1. The van der Waals surface area contributed by atoms with Gasteiger partial charge in [-0.3, -0.25) is 4.79 Å². The van der Waals surface area contributed by atoms with Crippen molar-refractivity contribution < 1.29 is 14.3 Å². The van der Waals surface area contributed by atoms with Gasteiger partial charge in [-0.2, -0.15) is 5.10 Å². The lowest BCUT2D eigenvalue weighted by Crippen LogP contribution is -2.20. The van der Waals surface area contributed by atoms with Crippen LogP contribution in [0.15, 0.2) is 50.7 Å². The standard InChI is InChI=1S/C28H34N2O4/c1-5-6-7-8-21-15-24(31)27-19(4)23(28(33)34-25(27)16-21)13-14-26(32)30-29-17-20-9-11-22(12-10-20)18(2)3/h9-12,15-18,31H,5-8,13-14H2,1-4H3,(H,30,32)/b29-17+. The Balaban J connectivity index is 1.66. The van der Waals surface area contributed by atoms with Crippen LogP contribution in [0.2, 0.25) is 0 Å². The Morgan fingerprint density at radius 1 is 1.15 bits per heavy atom. The maximum Gasteiger partial charge on any atom is 0.339 e. The zero-order chi connectivity index (χ0) is 24.7. The van der Waals surface area contributed by atoms with Crippen LogP contribution in [0, 0.1) is 6.92 Å². The second kappa shape index (κ2) is 11.6. The van der Waals surface area contributed by atoms with Crippen molar-refractivity contribution in [3.63, 3.8) is 0 Å². The summed E-state index contributed by atoms with van der Waals surface area (Å²) in [4.78, 5) is 24.9. The molecule has 180 valence electrons. The highest BCUT2D eigenvalue weighted by Gasteiger charge is 2.16. The summed E-state index contributed by atoms with van der Waals surface area (Å²) < 4.78 is 5.52. The third-order valence-corrected chi connectivity index (χ3v) is 6.09. The normalized spacial score (nSPS) is 11.6. The lowest BCUT2D eigenvalue weighted by Gasteiger charge is -2.11. The Hall–Kier alpha value is -3.41. The maximum absolute atomic E-state index is 12.6. The number of phenols is 1. The summed E-state index contributed by atoms with van der Waals surface area (Å²) >= 11 is 0. The fraction of sp³-hybridized carbons (Fsp3) is 0.393. The number of nitrogens with zero attached hydrogens (tertiary/aromatic N) is 1. The number of amides is 1. The van der Waals surface area contributed by atoms with Crippen molar-refractivity contribution in [3.05, 3.63) is 74.6 Å². The first-order chi connectivity index (χ1) is 16.3. The minimum Gasteiger partial charge on any atom is -0.507 e. The molecule has 2 N–H and O–H groups in total. The lowest BCUT2D eigenvalue weighted by molar-refractivity contribution is -0.121. The van der Waals surface area contributed by atoms with Gasteiger partial charge in [0.05, 0.1) is 11.6 Å². The molecule has 0 atom stereocenters. The molecule has 0 fully saturated rings. The van der Waals surface area contributed by atoms with Crippen molar-refractivity contribution >= 4 is 23.1 Å². The summed E-state index contributed by atoms with van der Waals surface area (Å²) in [6.45, 7) is 8.19. The third kappa shape index (κ3) is 6.34. The summed E-state index contributed by atoms with van der Waals surface area (Å²) in [5.74, 6) is 0.255. The molecule has 1 aromatic heterocycles. The van der Waals surface area contributed by atoms with E-state index in [1.165, 1.54) is 5.56 Å². The predicted octanol–water partition coefficient (Wildman–Crippen LogP) is 5.75. The fourth-order valence-electron chi connectivity index (χ4n) is 4.03. The van der Waals surface area contributed by atoms with Gasteiger partial charge in [0.25, 0.3) is 0 Å². The van der Waals surface area contributed by atoms with E-state index in [4.69, 9.17) is 4.42 Å². The Labute approximate surface area is 200 Å². The van der Waals surface area contributed by atoms with Gasteiger partial charge in [-0.25, -0.2) is 10.2 Å². The SMILES string of the molecule is CCCCCc1cc(O)c2c(C)c(CCC(=O)N/N=C/c3ccc(C(C)C)cc3)c(=O)oc2c1. The molecule has 0 spiro atoms. The summed E-state index contributed by atoms with van der Waals surface area (Å²) in [6, 6.07) is 11.6. The maximum atomic E-state index is 12.6. The number of aryl methyl sites for hydroxylation is 2. The minimum atomic E-state index is -0.475. The zero-order valence-electron chi connectivity index (χ0n) is 20.5. The summed E-state index contributed by atoms with van der Waals surface area (Å²) in [7, 11) is 0. The number of hydrogen-bond acceptors (Lipinski definition) is 5. The van der Waals surface area contributed by atoms with Crippen LogP contribution in [0.5, 0.6) is 5.75 Å². The van der Waals surface area contributed by atoms with Crippen molar-refractivity contribution in [2.45, 2.75) is 72.1 Å². The van der Waals surface area contributed by atoms with Gasteiger partial charge in [-0.15, -0.1) is 0 Å². The first-order valence-corrected chi connectivity index (χ1v) is 12.0. The number of unbranched alkanes of at least 4 members (excludes halogenated alkanes) is 2. The number of carbonyl (C=O) groups is 1. The summed E-state index contributed by atoms with van der Waals surface area (Å²) in [5.41, 5.74) is 6.53. The molecule has 2 aromatic carbocycles. The van der Waals surface area contributed by atoms with Gasteiger partial charge in [-0.05, 0) is 66.5 Å². The van der Waals surface area contributed by atoms with Gasteiger partial charge in [0.1, 0.15) is 11.3 Å². The van der Waals surface area contributed by atoms with E-state index in [1.54, 1.807) is 19.2 Å². The van der Waals surface area contributed by atoms with Crippen LogP contribution in [0.25, 0.3) is 11.0 Å². The van der Waals surface area contributed by atoms with Gasteiger partial charge >= 0.3 is 5.63 Å². The molecular weight excluding hydrogens is 428 g/mol. The van der Waals surface area contributed by atoms with Crippen LogP contribution in [0.4, 0.5) is 0 Å². The second-order valence-electron chi connectivity index (χ2n) is 9.05. The number of rotatable bonds is 10. The number of aromatic hydroxyl groups is 1. The van der Waals surface area contributed by atoms with E-state index in [-0.39, 0.29) is 24.5 Å². The Morgan fingerprint density at radius 3 is 2.56 bits per heavy atom. The molecule has 6 nitrogen and oxygen atoms in total. The Bertz CT molecular complexity index is 1220. The van der Waals surface area contributed by atoms with Crippen LogP contribution in [-0.2, 0) is 17.6 Å². The van der Waals surface area contributed by atoms with E-state index < -0.39 is 5.63 Å². The lowest BCUT2D eigenvalue weighted by atomic mass is 9.99. The monoisotopic (exact) mass is 462 g/mol. The van der Waals surface area contributed by atoms with Crippen LogP contribution < -0.4 is 11.1 Å². The van der Waals surface area contributed by atoms with Crippen LogP contribution in [0.1, 0.15) is 80.2 Å². The molecule has 34 heavy (non-hydrogen) atoms. The average Bonchev–Trinajstić information content (AvgIpc) is 2.79. The molecule has 0 unspecified atom stereocenters. The van der Waals surface area contributed by atoms with Crippen molar-refractivity contribution in [2.75, 3.05) is 0 Å². The van der Waals surface area contributed by atoms with E-state index in [9.17, 15) is 14.7 Å². The number of carbonyl (C=O) groups excluding carboxylic acids is 1. The molecule has 6 heteroatoms. The number of fused-ring (bicyclic) bond motifs is 1. The number of hydrogen-bond donors (Lipinski definition) is 2. The minimum absolute atomic E-state index is 0.0800. The fourth-order valence-corrected chi connectivity index (χ4v) is 4.03. The molecule has 0 bridgehead atoms. The first-order valence-electron chi connectivity index (χ1n) is 12.0. The average molecular weight is 463 g/mol. The van der Waals surface area contributed by atoms with Crippen molar-refractivity contribution in [2.24, 2.45) is 5.10 Å². The Kier molecular flexibility index (Phi) is 8.63. The van der Waals surface area contributed by atoms with Crippen LogP contribution in [0.3, 0.4) is 0 Å². The molecule has 0 aliphatic heterocycles. The van der Waals surface area contributed by atoms with E-state index in [0.717, 1.165) is 36.8 Å². The Morgan fingerprint density at radius 2 is 1.88 bits per heavy atom. The topological polar surface area (TPSA) is 91.9 Å². The highest BCUT2D eigenvalue weighted by molar-refractivity contribution is 5.88. The van der Waals surface area contributed by atoms with E-state index in [2.05, 4.69) is 31.3 Å². The van der Waals surface area contributed by atoms with Crippen molar-refractivity contribution in [1.82, 2.24) is 5.43 Å². The van der Waals surface area contributed by atoms with E-state index >= 15 is 0 Å². The second-order valence-corrected chi connectivity index (χ2v) is 9.05. The number of nitrogens with one attached hydrogen (secondary N) is 1.